The Kier molecular flexibility index (Phi) is 11.2. The van der Waals surface area contributed by atoms with Gasteiger partial charge in [-0.05, 0) is 56.9 Å². The first-order valence-corrected chi connectivity index (χ1v) is 13.1. The van der Waals surface area contributed by atoms with Crippen LogP contribution in [0.2, 0.25) is 0 Å². The van der Waals surface area contributed by atoms with E-state index in [0.29, 0.717) is 12.0 Å². The van der Waals surface area contributed by atoms with Gasteiger partial charge in [0.2, 0.25) is 11.8 Å². The third kappa shape index (κ3) is 8.38. The average Bonchev–Trinajstić information content (AvgIpc) is 3.65. The molecule has 3 aromatic rings. The van der Waals surface area contributed by atoms with Gasteiger partial charge in [-0.3, -0.25) is 14.4 Å². The Bertz CT molecular complexity index is 1520. The molecule has 0 bridgehead atoms. The van der Waals surface area contributed by atoms with E-state index < -0.39 is 65.4 Å². The molecule has 1 aliphatic rings. The SMILES string of the molecule is C[C@H](NC(=O)C(NC(=O)c1nc(-c2ccc(OC(F)F)c(OCC3CC3)c2)oc1[C@H](C)N)c1ccc(F)cc1F)C(=O)O.Cl. The fourth-order valence-electron chi connectivity index (χ4n) is 3.94. The van der Waals surface area contributed by atoms with Gasteiger partial charge in [0.05, 0.1) is 12.6 Å². The van der Waals surface area contributed by atoms with Crippen molar-refractivity contribution >= 4 is 30.2 Å². The van der Waals surface area contributed by atoms with Crippen molar-refractivity contribution in [2.45, 2.75) is 51.4 Å². The number of carboxylic acid groups (broad SMARTS) is 1. The van der Waals surface area contributed by atoms with Gasteiger partial charge in [-0.2, -0.15) is 8.78 Å². The number of rotatable bonds is 13. The molecule has 11 nitrogen and oxygen atoms in total. The molecule has 0 radical (unpaired) electrons. The summed E-state index contributed by atoms with van der Waals surface area (Å²) in [6, 6.07) is 2.04. The highest BCUT2D eigenvalue weighted by molar-refractivity contribution is 5.98. The van der Waals surface area contributed by atoms with E-state index in [9.17, 15) is 31.9 Å². The molecule has 1 aliphatic carbocycles. The number of carbonyl (C=O) groups is 3. The smallest absolute Gasteiger partial charge is 0.387 e. The number of ether oxygens (including phenoxy) is 2. The molecule has 2 amide bonds. The number of oxazole rings is 1. The predicted molar refractivity (Wildman–Crippen MR) is 148 cm³/mol. The zero-order chi connectivity index (χ0) is 31.4. The van der Waals surface area contributed by atoms with E-state index in [2.05, 4.69) is 20.4 Å². The van der Waals surface area contributed by atoms with Gasteiger partial charge in [0, 0.05) is 17.2 Å². The fourth-order valence-corrected chi connectivity index (χ4v) is 3.94. The second-order valence-corrected chi connectivity index (χ2v) is 9.96. The molecule has 1 heterocycles. The fraction of sp³-hybridized carbons (Fsp3) is 0.357. The maximum absolute atomic E-state index is 14.7. The number of hydrogen-bond donors (Lipinski definition) is 4. The van der Waals surface area contributed by atoms with E-state index in [1.165, 1.54) is 25.1 Å². The van der Waals surface area contributed by atoms with Crippen molar-refractivity contribution < 1.29 is 50.9 Å². The van der Waals surface area contributed by atoms with Crippen LogP contribution in [0, 0.1) is 17.6 Å². The van der Waals surface area contributed by atoms with Gasteiger partial charge in [-0.25, -0.2) is 13.8 Å². The Morgan fingerprint density at radius 2 is 1.80 bits per heavy atom. The monoisotopic (exact) mass is 644 g/mol. The van der Waals surface area contributed by atoms with Crippen LogP contribution < -0.4 is 25.8 Å². The van der Waals surface area contributed by atoms with Gasteiger partial charge in [0.25, 0.3) is 5.91 Å². The summed E-state index contributed by atoms with van der Waals surface area (Å²) in [7, 11) is 0. The largest absolute Gasteiger partial charge is 0.489 e. The van der Waals surface area contributed by atoms with Gasteiger partial charge in [0.15, 0.2) is 23.0 Å². The van der Waals surface area contributed by atoms with Crippen LogP contribution in [-0.2, 0) is 9.59 Å². The predicted octanol–water partition coefficient (Wildman–Crippen LogP) is 4.51. The Morgan fingerprint density at radius 3 is 2.39 bits per heavy atom. The van der Waals surface area contributed by atoms with Crippen LogP contribution >= 0.6 is 12.4 Å². The molecule has 16 heteroatoms. The number of amides is 2. The Morgan fingerprint density at radius 1 is 1.09 bits per heavy atom. The highest BCUT2D eigenvalue weighted by Gasteiger charge is 2.32. The van der Waals surface area contributed by atoms with Gasteiger partial charge in [0.1, 0.15) is 23.7 Å². The van der Waals surface area contributed by atoms with Crippen molar-refractivity contribution in [2.75, 3.05) is 6.61 Å². The minimum atomic E-state index is -3.11. The molecular formula is C28H29ClF4N4O7. The lowest BCUT2D eigenvalue weighted by atomic mass is 10.0. The number of nitrogens with two attached hydrogens (primary N) is 1. The molecule has 1 aromatic heterocycles. The molecule has 4 rings (SSSR count). The van der Waals surface area contributed by atoms with Crippen LogP contribution in [0.25, 0.3) is 11.5 Å². The van der Waals surface area contributed by atoms with Crippen LogP contribution in [-0.4, -0.2) is 47.1 Å². The summed E-state index contributed by atoms with van der Waals surface area (Å²) in [5.41, 5.74) is 5.35. The van der Waals surface area contributed by atoms with E-state index in [1.54, 1.807) is 0 Å². The molecule has 3 atom stereocenters. The number of aromatic nitrogens is 1. The highest BCUT2D eigenvalue weighted by Crippen LogP contribution is 2.37. The molecule has 0 spiro atoms. The molecule has 5 N–H and O–H groups in total. The summed E-state index contributed by atoms with van der Waals surface area (Å²) in [5.74, 6) is -5.93. The molecule has 1 unspecified atom stereocenters. The number of carbonyl (C=O) groups excluding carboxylic acids is 2. The lowest BCUT2D eigenvalue weighted by Crippen LogP contribution is -2.46. The zero-order valence-electron chi connectivity index (χ0n) is 23.3. The standard InChI is InChI=1S/C28H28F4N4O7.ClH/c1-12(33)23-22(25(38)35-21(24(37)34-13(2)27(39)40)17-7-6-16(29)10-18(17)30)36-26(43-23)15-5-8-19(42-28(31)32)20(9-15)41-11-14-3-4-14;/h5-10,12-14,21,28H,3-4,11,33H2,1-2H3,(H,34,37)(H,35,38)(H,39,40);1H/t12-,13-,21?;/m0./s1. The van der Waals surface area contributed by atoms with Crippen molar-refractivity contribution in [1.82, 2.24) is 15.6 Å². The van der Waals surface area contributed by atoms with E-state index in [0.717, 1.165) is 31.9 Å². The first-order valence-electron chi connectivity index (χ1n) is 13.1. The zero-order valence-corrected chi connectivity index (χ0v) is 24.1. The Hall–Kier alpha value is -4.37. The van der Waals surface area contributed by atoms with E-state index in [1.807, 2.05) is 0 Å². The number of nitrogens with one attached hydrogen (secondary N) is 2. The van der Waals surface area contributed by atoms with Crippen LogP contribution in [0.5, 0.6) is 11.5 Å². The van der Waals surface area contributed by atoms with E-state index in [4.69, 9.17) is 20.0 Å². The van der Waals surface area contributed by atoms with Crippen LogP contribution in [0.4, 0.5) is 17.6 Å². The second kappa shape index (κ2) is 14.4. The number of halogens is 5. The third-order valence-electron chi connectivity index (χ3n) is 6.40. The molecule has 2 aromatic carbocycles. The van der Waals surface area contributed by atoms with E-state index >= 15 is 0 Å². The number of alkyl halides is 2. The van der Waals surface area contributed by atoms with Crippen molar-refractivity contribution in [3.05, 3.63) is 65.1 Å². The summed E-state index contributed by atoms with van der Waals surface area (Å²) >= 11 is 0. The second-order valence-electron chi connectivity index (χ2n) is 9.96. The molecular weight excluding hydrogens is 616 g/mol. The summed E-state index contributed by atoms with van der Waals surface area (Å²) < 4.78 is 70.1. The molecule has 1 saturated carbocycles. The van der Waals surface area contributed by atoms with Crippen LogP contribution in [0.15, 0.2) is 40.8 Å². The lowest BCUT2D eigenvalue weighted by molar-refractivity contribution is -0.141. The molecule has 0 aliphatic heterocycles. The minimum absolute atomic E-state index is 0. The van der Waals surface area contributed by atoms with Gasteiger partial charge < -0.3 is 35.4 Å². The summed E-state index contributed by atoms with van der Waals surface area (Å²) in [6.07, 6.45) is 1.88. The summed E-state index contributed by atoms with van der Waals surface area (Å²) in [5, 5.41) is 13.6. The number of benzene rings is 2. The van der Waals surface area contributed by atoms with Gasteiger partial charge >= 0.3 is 12.6 Å². The Balaban J connectivity index is 0.00000529. The number of hydrogen-bond acceptors (Lipinski definition) is 8. The lowest BCUT2D eigenvalue weighted by Gasteiger charge is -2.20. The Labute approximate surface area is 254 Å². The first kappa shape index (κ1) is 34.1. The molecule has 44 heavy (non-hydrogen) atoms. The third-order valence-corrected chi connectivity index (χ3v) is 6.40. The minimum Gasteiger partial charge on any atom is -0.489 e. The summed E-state index contributed by atoms with van der Waals surface area (Å²) in [4.78, 5) is 41.8. The van der Waals surface area contributed by atoms with Crippen molar-refractivity contribution in [3.63, 3.8) is 0 Å². The van der Waals surface area contributed by atoms with Crippen molar-refractivity contribution in [1.29, 1.82) is 0 Å². The maximum atomic E-state index is 14.7. The number of nitrogens with zero attached hydrogens (tertiary/aromatic N) is 1. The van der Waals surface area contributed by atoms with Crippen LogP contribution in [0.3, 0.4) is 0 Å². The maximum Gasteiger partial charge on any atom is 0.387 e. The summed E-state index contributed by atoms with van der Waals surface area (Å²) in [6.45, 7) is -0.204. The van der Waals surface area contributed by atoms with Crippen molar-refractivity contribution in [2.24, 2.45) is 11.7 Å². The quantitative estimate of drug-likeness (QED) is 0.196. The molecule has 0 saturated heterocycles. The average molecular weight is 645 g/mol. The molecule has 1 fully saturated rings. The van der Waals surface area contributed by atoms with Crippen molar-refractivity contribution in [3.8, 4) is 23.0 Å². The molecule has 238 valence electrons. The first-order chi connectivity index (χ1) is 20.3. The van der Waals surface area contributed by atoms with Gasteiger partial charge in [-0.1, -0.05) is 6.07 Å². The van der Waals surface area contributed by atoms with Gasteiger partial charge in [-0.15, -0.1) is 12.4 Å². The highest BCUT2D eigenvalue weighted by atomic mass is 35.5. The number of carboxylic acids is 1. The van der Waals surface area contributed by atoms with E-state index in [-0.39, 0.29) is 47.7 Å². The van der Waals surface area contributed by atoms with Crippen LogP contribution in [0.1, 0.15) is 60.6 Å². The topological polar surface area (TPSA) is 166 Å². The normalized spacial score (nSPS) is 14.6. The number of aliphatic carboxylic acids is 1.